The first-order valence-corrected chi connectivity index (χ1v) is 6.89. The Morgan fingerprint density at radius 3 is 2.83 bits per heavy atom. The summed E-state index contributed by atoms with van der Waals surface area (Å²) in [6.07, 6.45) is 3.53. The van der Waals surface area contributed by atoms with Gasteiger partial charge in [0.25, 0.3) is 5.91 Å². The average molecular weight is 267 g/mol. The molecule has 6 heteroatoms. The number of hydrogen-bond donors (Lipinski definition) is 3. The molecule has 1 heterocycles. The van der Waals surface area contributed by atoms with Gasteiger partial charge in [-0.1, -0.05) is 6.42 Å². The van der Waals surface area contributed by atoms with E-state index >= 15 is 0 Å². The lowest BCUT2D eigenvalue weighted by Gasteiger charge is -2.25. The third-order valence-corrected chi connectivity index (χ3v) is 4.08. The molecule has 0 spiro atoms. The quantitative estimate of drug-likeness (QED) is 0.769. The van der Waals surface area contributed by atoms with E-state index in [2.05, 4.69) is 5.32 Å². The van der Waals surface area contributed by atoms with Crippen molar-refractivity contribution in [1.29, 1.82) is 0 Å². The predicted octanol–water partition coefficient (Wildman–Crippen LogP) is 1.30. The van der Waals surface area contributed by atoms with Gasteiger partial charge in [0.1, 0.15) is 5.00 Å². The number of carbonyl (C=O) groups excluding carboxylic acids is 2. The molecule has 1 aliphatic carbocycles. The van der Waals surface area contributed by atoms with Crippen LogP contribution in [0.2, 0.25) is 0 Å². The van der Waals surface area contributed by atoms with Crippen LogP contribution in [-0.4, -0.2) is 17.9 Å². The smallest absolute Gasteiger partial charge is 0.251 e. The molecular weight excluding hydrogens is 250 g/mol. The second kappa shape index (κ2) is 5.49. The minimum absolute atomic E-state index is 0.0587. The SMILES string of the molecule is NC(=O)c1ccsc1NC(=O)C1CCCC(N)C1. The van der Waals surface area contributed by atoms with Gasteiger partial charge in [-0.15, -0.1) is 11.3 Å². The van der Waals surface area contributed by atoms with Gasteiger partial charge in [0.2, 0.25) is 5.91 Å². The first kappa shape index (κ1) is 13.0. The zero-order valence-corrected chi connectivity index (χ0v) is 10.8. The molecule has 0 bridgehead atoms. The number of amides is 2. The van der Waals surface area contributed by atoms with E-state index in [4.69, 9.17) is 11.5 Å². The standard InChI is InChI=1S/C12H17N3O2S/c13-8-3-1-2-7(6-8)11(17)15-12-9(10(14)16)4-5-18-12/h4-5,7-8H,1-3,6,13H2,(H2,14,16)(H,15,17). The van der Waals surface area contributed by atoms with Crippen LogP contribution in [0.4, 0.5) is 5.00 Å². The minimum Gasteiger partial charge on any atom is -0.366 e. The summed E-state index contributed by atoms with van der Waals surface area (Å²) in [6, 6.07) is 1.73. The first-order valence-electron chi connectivity index (χ1n) is 6.01. The largest absolute Gasteiger partial charge is 0.366 e. The van der Waals surface area contributed by atoms with Crippen molar-refractivity contribution in [2.45, 2.75) is 31.7 Å². The molecule has 98 valence electrons. The molecule has 0 saturated heterocycles. The maximum absolute atomic E-state index is 12.1. The molecule has 5 N–H and O–H groups in total. The number of rotatable bonds is 3. The monoisotopic (exact) mass is 267 g/mol. The van der Waals surface area contributed by atoms with E-state index in [0.717, 1.165) is 19.3 Å². The summed E-state index contributed by atoms with van der Waals surface area (Å²) in [7, 11) is 0. The molecule has 1 aromatic rings. The Morgan fingerprint density at radius 2 is 2.17 bits per heavy atom. The molecule has 2 amide bonds. The van der Waals surface area contributed by atoms with Gasteiger partial charge in [-0.25, -0.2) is 0 Å². The third kappa shape index (κ3) is 2.88. The van der Waals surface area contributed by atoms with E-state index in [9.17, 15) is 9.59 Å². The van der Waals surface area contributed by atoms with Crippen molar-refractivity contribution in [1.82, 2.24) is 0 Å². The highest BCUT2D eigenvalue weighted by Crippen LogP contribution is 2.27. The van der Waals surface area contributed by atoms with Crippen LogP contribution in [0.5, 0.6) is 0 Å². The van der Waals surface area contributed by atoms with Crippen LogP contribution >= 0.6 is 11.3 Å². The van der Waals surface area contributed by atoms with Crippen molar-refractivity contribution >= 4 is 28.2 Å². The number of carbonyl (C=O) groups is 2. The number of nitrogens with two attached hydrogens (primary N) is 2. The molecule has 18 heavy (non-hydrogen) atoms. The second-order valence-corrected chi connectivity index (χ2v) is 5.56. The maximum atomic E-state index is 12.1. The molecule has 0 radical (unpaired) electrons. The van der Waals surface area contributed by atoms with Crippen LogP contribution in [0, 0.1) is 5.92 Å². The predicted molar refractivity (Wildman–Crippen MR) is 71.4 cm³/mol. The van der Waals surface area contributed by atoms with Crippen LogP contribution in [0.15, 0.2) is 11.4 Å². The molecule has 2 atom stereocenters. The van der Waals surface area contributed by atoms with Crippen LogP contribution < -0.4 is 16.8 Å². The van der Waals surface area contributed by atoms with Crippen LogP contribution in [0.25, 0.3) is 0 Å². The van der Waals surface area contributed by atoms with Gasteiger partial charge in [-0.2, -0.15) is 0 Å². The van der Waals surface area contributed by atoms with Gasteiger partial charge in [0, 0.05) is 12.0 Å². The Morgan fingerprint density at radius 1 is 1.39 bits per heavy atom. The molecule has 0 aromatic carbocycles. The number of hydrogen-bond acceptors (Lipinski definition) is 4. The molecule has 0 aliphatic heterocycles. The van der Waals surface area contributed by atoms with Gasteiger partial charge in [-0.3, -0.25) is 9.59 Å². The number of anilines is 1. The van der Waals surface area contributed by atoms with Crippen molar-refractivity contribution in [2.75, 3.05) is 5.32 Å². The summed E-state index contributed by atoms with van der Waals surface area (Å²) in [5, 5.41) is 5.06. The lowest BCUT2D eigenvalue weighted by Crippen LogP contribution is -2.34. The molecule has 1 aromatic heterocycles. The zero-order valence-electron chi connectivity index (χ0n) is 10.0. The Bertz CT molecular complexity index is 458. The van der Waals surface area contributed by atoms with E-state index in [1.807, 2.05) is 0 Å². The minimum atomic E-state index is -0.521. The molecule has 2 rings (SSSR count). The van der Waals surface area contributed by atoms with Gasteiger partial charge in [-0.05, 0) is 30.7 Å². The second-order valence-electron chi connectivity index (χ2n) is 4.64. The van der Waals surface area contributed by atoms with Crippen LogP contribution in [-0.2, 0) is 4.79 Å². The van der Waals surface area contributed by atoms with Crippen molar-refractivity contribution in [3.05, 3.63) is 17.0 Å². The van der Waals surface area contributed by atoms with Crippen molar-refractivity contribution in [3.63, 3.8) is 0 Å². The summed E-state index contributed by atoms with van der Waals surface area (Å²) in [5.74, 6) is -0.640. The van der Waals surface area contributed by atoms with Gasteiger partial charge in [0.05, 0.1) is 5.56 Å². The molecule has 1 saturated carbocycles. The lowest BCUT2D eigenvalue weighted by molar-refractivity contribution is -0.120. The Kier molecular flexibility index (Phi) is 3.98. The normalized spacial score (nSPS) is 23.6. The summed E-state index contributed by atoms with van der Waals surface area (Å²) >= 11 is 1.31. The Hall–Kier alpha value is -1.40. The highest BCUT2D eigenvalue weighted by atomic mass is 32.1. The zero-order chi connectivity index (χ0) is 13.1. The Labute approximate surface area is 110 Å². The number of primary amides is 1. The van der Waals surface area contributed by atoms with Crippen LogP contribution in [0.1, 0.15) is 36.0 Å². The molecular formula is C12H17N3O2S. The van der Waals surface area contributed by atoms with E-state index < -0.39 is 5.91 Å². The fourth-order valence-corrected chi connectivity index (χ4v) is 3.08. The van der Waals surface area contributed by atoms with Gasteiger partial charge in [0.15, 0.2) is 0 Å². The lowest BCUT2D eigenvalue weighted by atomic mass is 9.85. The molecule has 2 unspecified atom stereocenters. The van der Waals surface area contributed by atoms with Crippen molar-refractivity contribution in [2.24, 2.45) is 17.4 Å². The highest BCUT2D eigenvalue weighted by molar-refractivity contribution is 7.14. The summed E-state index contributed by atoms with van der Waals surface area (Å²) in [6.45, 7) is 0. The fraction of sp³-hybridized carbons (Fsp3) is 0.500. The highest BCUT2D eigenvalue weighted by Gasteiger charge is 2.26. The van der Waals surface area contributed by atoms with E-state index in [1.54, 1.807) is 11.4 Å². The Balaban J connectivity index is 2.02. The molecule has 5 nitrogen and oxygen atoms in total. The molecule has 1 fully saturated rings. The van der Waals surface area contributed by atoms with Gasteiger partial charge >= 0.3 is 0 Å². The summed E-state index contributed by atoms with van der Waals surface area (Å²) < 4.78 is 0. The van der Waals surface area contributed by atoms with E-state index in [1.165, 1.54) is 11.3 Å². The number of nitrogens with one attached hydrogen (secondary N) is 1. The third-order valence-electron chi connectivity index (χ3n) is 3.25. The van der Waals surface area contributed by atoms with Gasteiger partial charge < -0.3 is 16.8 Å². The first-order chi connectivity index (χ1) is 8.58. The molecule has 1 aliphatic rings. The summed E-state index contributed by atoms with van der Waals surface area (Å²) in [4.78, 5) is 23.2. The summed E-state index contributed by atoms with van der Waals surface area (Å²) in [5.41, 5.74) is 11.5. The van der Waals surface area contributed by atoms with E-state index in [-0.39, 0.29) is 17.9 Å². The van der Waals surface area contributed by atoms with Crippen molar-refractivity contribution < 1.29 is 9.59 Å². The van der Waals surface area contributed by atoms with E-state index in [0.29, 0.717) is 17.0 Å². The van der Waals surface area contributed by atoms with Crippen molar-refractivity contribution in [3.8, 4) is 0 Å². The average Bonchev–Trinajstić information content (AvgIpc) is 2.77. The van der Waals surface area contributed by atoms with Crippen LogP contribution in [0.3, 0.4) is 0 Å². The fourth-order valence-electron chi connectivity index (χ4n) is 2.28. The number of thiophene rings is 1. The maximum Gasteiger partial charge on any atom is 0.251 e. The topological polar surface area (TPSA) is 98.2 Å².